The van der Waals surface area contributed by atoms with E-state index in [-0.39, 0.29) is 0 Å². The molecule has 0 aliphatic rings. The third-order valence-corrected chi connectivity index (χ3v) is 2.27. The second-order valence-electron chi connectivity index (χ2n) is 3.26. The number of aryl methyl sites for hydroxylation is 1. The molecule has 0 saturated heterocycles. The van der Waals surface area contributed by atoms with Crippen molar-refractivity contribution in [3.8, 4) is 5.88 Å². The molecule has 0 radical (unpaired) electrons. The van der Waals surface area contributed by atoms with Crippen molar-refractivity contribution in [2.45, 2.75) is 6.92 Å². The van der Waals surface area contributed by atoms with Crippen molar-refractivity contribution in [3.05, 3.63) is 30.0 Å². The molecule has 0 spiro atoms. The van der Waals surface area contributed by atoms with Crippen LogP contribution in [-0.2, 0) is 0 Å². The van der Waals surface area contributed by atoms with E-state index in [9.17, 15) is 0 Å². The first-order valence-electron chi connectivity index (χ1n) is 4.41. The molecule has 0 bridgehead atoms. The minimum absolute atomic E-state index is 0.623. The van der Waals surface area contributed by atoms with Gasteiger partial charge in [-0.2, -0.15) is 0 Å². The van der Waals surface area contributed by atoms with Crippen molar-refractivity contribution in [3.63, 3.8) is 0 Å². The second-order valence-corrected chi connectivity index (χ2v) is 3.26. The minimum atomic E-state index is 0.623. The number of fused-ring (bicyclic) bond motifs is 1. The van der Waals surface area contributed by atoms with Gasteiger partial charge in [0.05, 0.1) is 7.11 Å². The van der Waals surface area contributed by atoms with Crippen LogP contribution in [0, 0.1) is 6.92 Å². The molecule has 2 N–H and O–H groups in total. The molecule has 0 fully saturated rings. The molecule has 2 aromatic rings. The first-order valence-corrected chi connectivity index (χ1v) is 4.41. The van der Waals surface area contributed by atoms with E-state index in [0.717, 1.165) is 22.0 Å². The summed E-state index contributed by atoms with van der Waals surface area (Å²) in [5.74, 6) is 0.623. The molecule has 2 rings (SSSR count). The summed E-state index contributed by atoms with van der Waals surface area (Å²) in [5, 5.41) is 2.10. The Morgan fingerprint density at radius 2 is 2.07 bits per heavy atom. The summed E-state index contributed by atoms with van der Waals surface area (Å²) in [5.41, 5.74) is 7.57. The summed E-state index contributed by atoms with van der Waals surface area (Å²) in [4.78, 5) is 4.19. The highest BCUT2D eigenvalue weighted by Crippen LogP contribution is 2.27. The van der Waals surface area contributed by atoms with E-state index in [1.54, 1.807) is 13.3 Å². The van der Waals surface area contributed by atoms with Crippen LogP contribution >= 0.6 is 0 Å². The van der Waals surface area contributed by atoms with Crippen molar-refractivity contribution in [2.75, 3.05) is 12.8 Å². The lowest BCUT2D eigenvalue weighted by atomic mass is 10.1. The van der Waals surface area contributed by atoms with Crippen LogP contribution in [0.4, 0.5) is 5.69 Å². The Morgan fingerprint density at radius 1 is 1.29 bits per heavy atom. The van der Waals surface area contributed by atoms with Gasteiger partial charge >= 0.3 is 0 Å². The fourth-order valence-corrected chi connectivity index (χ4v) is 1.54. The SMILES string of the molecule is COc1ncc(C)c2ccc(N)cc12. The smallest absolute Gasteiger partial charge is 0.221 e. The van der Waals surface area contributed by atoms with Crippen LogP contribution in [0.25, 0.3) is 10.8 Å². The molecule has 3 heteroatoms. The molecule has 0 saturated carbocycles. The summed E-state index contributed by atoms with van der Waals surface area (Å²) in [6.07, 6.45) is 1.80. The van der Waals surface area contributed by atoms with Crippen LogP contribution in [0.5, 0.6) is 5.88 Å². The Hall–Kier alpha value is -1.77. The lowest BCUT2D eigenvalue weighted by molar-refractivity contribution is 0.403. The van der Waals surface area contributed by atoms with Gasteiger partial charge in [0.2, 0.25) is 5.88 Å². The molecule has 3 nitrogen and oxygen atoms in total. The topological polar surface area (TPSA) is 48.1 Å². The number of nitrogen functional groups attached to an aromatic ring is 1. The summed E-state index contributed by atoms with van der Waals surface area (Å²) in [7, 11) is 1.61. The lowest BCUT2D eigenvalue weighted by Crippen LogP contribution is -1.92. The van der Waals surface area contributed by atoms with E-state index in [0.29, 0.717) is 5.88 Å². The third kappa shape index (κ3) is 1.27. The van der Waals surface area contributed by atoms with Crippen LogP contribution in [0.1, 0.15) is 5.56 Å². The average Bonchev–Trinajstić information content (AvgIpc) is 2.18. The number of pyridine rings is 1. The van der Waals surface area contributed by atoms with Crippen molar-refractivity contribution in [2.24, 2.45) is 0 Å². The van der Waals surface area contributed by atoms with Gasteiger partial charge < -0.3 is 10.5 Å². The molecule has 14 heavy (non-hydrogen) atoms. The summed E-state index contributed by atoms with van der Waals surface area (Å²) in [6, 6.07) is 5.76. The molecule has 1 heterocycles. The molecule has 0 aliphatic heterocycles. The Bertz CT molecular complexity index is 480. The molecule has 1 aromatic carbocycles. The average molecular weight is 188 g/mol. The number of benzene rings is 1. The first kappa shape index (κ1) is 8.81. The van der Waals surface area contributed by atoms with Gasteiger partial charge in [0.15, 0.2) is 0 Å². The van der Waals surface area contributed by atoms with E-state index in [4.69, 9.17) is 10.5 Å². The molecular formula is C11H12N2O. The van der Waals surface area contributed by atoms with Gasteiger partial charge in [0, 0.05) is 17.3 Å². The standard InChI is InChI=1S/C11H12N2O/c1-7-6-13-11(14-2)10-5-8(12)3-4-9(7)10/h3-6H,12H2,1-2H3. The highest BCUT2D eigenvalue weighted by Gasteiger charge is 2.04. The molecule has 72 valence electrons. The lowest BCUT2D eigenvalue weighted by Gasteiger charge is -2.07. The zero-order chi connectivity index (χ0) is 10.1. The molecule has 0 atom stereocenters. The monoisotopic (exact) mass is 188 g/mol. The van der Waals surface area contributed by atoms with Gasteiger partial charge in [-0.25, -0.2) is 4.98 Å². The number of ether oxygens (including phenoxy) is 1. The van der Waals surface area contributed by atoms with Crippen LogP contribution in [-0.4, -0.2) is 12.1 Å². The van der Waals surface area contributed by atoms with Crippen molar-refractivity contribution >= 4 is 16.5 Å². The van der Waals surface area contributed by atoms with Crippen LogP contribution in [0.3, 0.4) is 0 Å². The fourth-order valence-electron chi connectivity index (χ4n) is 1.54. The number of anilines is 1. The normalized spacial score (nSPS) is 10.4. The zero-order valence-electron chi connectivity index (χ0n) is 8.24. The van der Waals surface area contributed by atoms with E-state index in [2.05, 4.69) is 4.98 Å². The Balaban J connectivity index is 2.85. The van der Waals surface area contributed by atoms with Gasteiger partial charge in [-0.1, -0.05) is 6.07 Å². The molecular weight excluding hydrogens is 176 g/mol. The zero-order valence-corrected chi connectivity index (χ0v) is 8.24. The second kappa shape index (κ2) is 3.18. The van der Waals surface area contributed by atoms with E-state index >= 15 is 0 Å². The molecule has 0 unspecified atom stereocenters. The van der Waals surface area contributed by atoms with Crippen LogP contribution in [0.15, 0.2) is 24.4 Å². The quantitative estimate of drug-likeness (QED) is 0.697. The predicted molar refractivity (Wildman–Crippen MR) is 57.4 cm³/mol. The van der Waals surface area contributed by atoms with Crippen molar-refractivity contribution < 1.29 is 4.74 Å². The van der Waals surface area contributed by atoms with Gasteiger partial charge in [-0.15, -0.1) is 0 Å². The van der Waals surface area contributed by atoms with Gasteiger partial charge in [-0.05, 0) is 30.0 Å². The highest BCUT2D eigenvalue weighted by atomic mass is 16.5. The molecule has 1 aromatic heterocycles. The maximum atomic E-state index is 5.71. The number of nitrogens with two attached hydrogens (primary N) is 1. The summed E-state index contributed by atoms with van der Waals surface area (Å²) < 4.78 is 5.17. The number of hydrogen-bond donors (Lipinski definition) is 1. The van der Waals surface area contributed by atoms with Crippen molar-refractivity contribution in [1.29, 1.82) is 0 Å². The minimum Gasteiger partial charge on any atom is -0.481 e. The number of aromatic nitrogens is 1. The van der Waals surface area contributed by atoms with Crippen LogP contribution in [0.2, 0.25) is 0 Å². The largest absolute Gasteiger partial charge is 0.481 e. The van der Waals surface area contributed by atoms with Gasteiger partial charge in [0.25, 0.3) is 0 Å². The van der Waals surface area contributed by atoms with Crippen molar-refractivity contribution in [1.82, 2.24) is 4.98 Å². The summed E-state index contributed by atoms with van der Waals surface area (Å²) >= 11 is 0. The van der Waals surface area contributed by atoms with Crippen LogP contribution < -0.4 is 10.5 Å². The molecule has 0 amide bonds. The Kier molecular flexibility index (Phi) is 2.00. The van der Waals surface area contributed by atoms with E-state index in [1.165, 1.54) is 0 Å². The Morgan fingerprint density at radius 3 is 2.79 bits per heavy atom. The van der Waals surface area contributed by atoms with Gasteiger partial charge in [0.1, 0.15) is 0 Å². The summed E-state index contributed by atoms with van der Waals surface area (Å²) in [6.45, 7) is 2.02. The first-order chi connectivity index (χ1) is 6.72. The highest BCUT2D eigenvalue weighted by molar-refractivity contribution is 5.91. The van der Waals surface area contributed by atoms with E-state index < -0.39 is 0 Å². The molecule has 0 aliphatic carbocycles. The number of nitrogens with zero attached hydrogens (tertiary/aromatic N) is 1. The number of methoxy groups -OCH3 is 1. The third-order valence-electron chi connectivity index (χ3n) is 2.27. The van der Waals surface area contributed by atoms with Gasteiger partial charge in [-0.3, -0.25) is 0 Å². The fraction of sp³-hybridized carbons (Fsp3) is 0.182. The maximum absolute atomic E-state index is 5.71. The number of rotatable bonds is 1. The van der Waals surface area contributed by atoms with E-state index in [1.807, 2.05) is 25.1 Å². The number of hydrogen-bond acceptors (Lipinski definition) is 3. The Labute approximate surface area is 82.5 Å². The predicted octanol–water partition coefficient (Wildman–Crippen LogP) is 2.13. The maximum Gasteiger partial charge on any atom is 0.221 e.